The molecular weight excluding hydrogens is 354 g/mol. The zero-order valence-electron chi connectivity index (χ0n) is 15.2. The average molecular weight is 377 g/mol. The van der Waals surface area contributed by atoms with E-state index in [4.69, 9.17) is 14.2 Å². The third-order valence-electron chi connectivity index (χ3n) is 4.38. The summed E-state index contributed by atoms with van der Waals surface area (Å²) in [4.78, 5) is 0.158. The van der Waals surface area contributed by atoms with Crippen LogP contribution in [0.4, 0.5) is 0 Å². The highest BCUT2D eigenvalue weighted by atomic mass is 32.2. The van der Waals surface area contributed by atoms with Crippen molar-refractivity contribution < 1.29 is 22.6 Å². The zero-order valence-corrected chi connectivity index (χ0v) is 16.0. The molecule has 1 N–H and O–H groups in total. The molecule has 0 spiro atoms. The first kappa shape index (κ1) is 18.5. The second kappa shape index (κ2) is 7.55. The molecule has 0 saturated carbocycles. The fraction of sp³-hybridized carbons (Fsp3) is 0.368. The summed E-state index contributed by atoms with van der Waals surface area (Å²) < 4.78 is 44.3. The van der Waals surface area contributed by atoms with Gasteiger partial charge in [-0.15, -0.1) is 0 Å². The van der Waals surface area contributed by atoms with Crippen molar-refractivity contribution in [3.05, 3.63) is 47.0 Å². The van der Waals surface area contributed by atoms with E-state index in [-0.39, 0.29) is 11.4 Å². The summed E-state index contributed by atoms with van der Waals surface area (Å²) in [6, 6.07) is 9.04. The third-order valence-corrected chi connectivity index (χ3v) is 5.86. The van der Waals surface area contributed by atoms with E-state index in [1.807, 2.05) is 32.0 Å². The van der Waals surface area contributed by atoms with Crippen LogP contribution in [0.5, 0.6) is 17.2 Å². The lowest BCUT2D eigenvalue weighted by molar-refractivity contribution is 0.171. The molecule has 0 fully saturated rings. The summed E-state index contributed by atoms with van der Waals surface area (Å²) in [5.74, 6) is 1.77. The van der Waals surface area contributed by atoms with Gasteiger partial charge in [0.25, 0.3) is 0 Å². The Morgan fingerprint density at radius 2 is 1.73 bits per heavy atom. The first-order valence-corrected chi connectivity index (χ1v) is 9.92. The molecule has 6 nitrogen and oxygen atoms in total. The van der Waals surface area contributed by atoms with Gasteiger partial charge in [-0.25, -0.2) is 13.1 Å². The normalized spacial score (nSPS) is 13.5. The highest BCUT2D eigenvalue weighted by Crippen LogP contribution is 2.31. The van der Waals surface area contributed by atoms with Crippen molar-refractivity contribution in [2.45, 2.75) is 25.2 Å². The van der Waals surface area contributed by atoms with Gasteiger partial charge in [0.1, 0.15) is 23.9 Å². The van der Waals surface area contributed by atoms with Gasteiger partial charge in [0.2, 0.25) is 10.0 Å². The van der Waals surface area contributed by atoms with Crippen molar-refractivity contribution in [3.63, 3.8) is 0 Å². The maximum Gasteiger partial charge on any atom is 0.244 e. The summed E-state index contributed by atoms with van der Waals surface area (Å²) in [6.07, 6.45) is 0.545. The van der Waals surface area contributed by atoms with Crippen LogP contribution in [0.2, 0.25) is 0 Å². The van der Waals surface area contributed by atoms with Crippen LogP contribution < -0.4 is 18.9 Å². The highest BCUT2D eigenvalue weighted by Gasteiger charge is 2.20. The van der Waals surface area contributed by atoms with E-state index >= 15 is 0 Å². The molecule has 0 atom stereocenters. The fourth-order valence-corrected chi connectivity index (χ4v) is 4.05. The molecule has 7 heteroatoms. The SMILES string of the molecule is COc1cc(C)c(C)cc1S(=O)(=O)NCCc1ccc2c(c1)OCCO2. The molecule has 0 aromatic heterocycles. The summed E-state index contributed by atoms with van der Waals surface area (Å²) in [5.41, 5.74) is 2.86. The Kier molecular flexibility index (Phi) is 5.38. The number of ether oxygens (including phenoxy) is 3. The number of sulfonamides is 1. The van der Waals surface area contributed by atoms with Gasteiger partial charge in [-0.3, -0.25) is 0 Å². The quantitative estimate of drug-likeness (QED) is 0.838. The number of aryl methyl sites for hydroxylation is 2. The van der Waals surface area contributed by atoms with Gasteiger partial charge in [0.05, 0.1) is 7.11 Å². The summed E-state index contributed by atoms with van der Waals surface area (Å²) in [5, 5.41) is 0. The Bertz CT molecular complexity index is 908. The topological polar surface area (TPSA) is 73.9 Å². The van der Waals surface area contributed by atoms with E-state index in [1.165, 1.54) is 7.11 Å². The number of methoxy groups -OCH3 is 1. The van der Waals surface area contributed by atoms with E-state index in [9.17, 15) is 8.42 Å². The monoisotopic (exact) mass is 377 g/mol. The number of hydrogen-bond donors (Lipinski definition) is 1. The number of rotatable bonds is 6. The van der Waals surface area contributed by atoms with Crippen molar-refractivity contribution in [1.29, 1.82) is 0 Å². The van der Waals surface area contributed by atoms with E-state index < -0.39 is 10.0 Å². The lowest BCUT2D eigenvalue weighted by Gasteiger charge is -2.19. The minimum atomic E-state index is -3.66. The van der Waals surface area contributed by atoms with Crippen molar-refractivity contribution in [2.24, 2.45) is 0 Å². The molecule has 1 aliphatic rings. The van der Waals surface area contributed by atoms with Crippen molar-refractivity contribution in [3.8, 4) is 17.2 Å². The molecule has 140 valence electrons. The van der Waals surface area contributed by atoms with Gasteiger partial charge in [-0.05, 0) is 61.2 Å². The lowest BCUT2D eigenvalue weighted by Crippen LogP contribution is -2.26. The van der Waals surface area contributed by atoms with Crippen LogP contribution >= 0.6 is 0 Å². The largest absolute Gasteiger partial charge is 0.495 e. The maximum atomic E-state index is 12.7. The van der Waals surface area contributed by atoms with Crippen molar-refractivity contribution in [1.82, 2.24) is 4.72 Å². The predicted molar refractivity (Wildman–Crippen MR) is 98.8 cm³/mol. The Morgan fingerprint density at radius 3 is 2.46 bits per heavy atom. The second-order valence-corrected chi connectivity index (χ2v) is 7.95. The molecule has 0 aliphatic carbocycles. The van der Waals surface area contributed by atoms with E-state index in [0.29, 0.717) is 31.1 Å². The molecule has 3 rings (SSSR count). The Labute approximate surface area is 154 Å². The van der Waals surface area contributed by atoms with Gasteiger partial charge >= 0.3 is 0 Å². The van der Waals surface area contributed by atoms with Crippen LogP contribution in [0.25, 0.3) is 0 Å². The van der Waals surface area contributed by atoms with Crippen LogP contribution in [0, 0.1) is 13.8 Å². The van der Waals surface area contributed by atoms with E-state index in [0.717, 1.165) is 22.4 Å². The molecule has 2 aromatic carbocycles. The zero-order chi connectivity index (χ0) is 18.7. The first-order valence-electron chi connectivity index (χ1n) is 8.44. The average Bonchev–Trinajstić information content (AvgIpc) is 2.63. The summed E-state index contributed by atoms with van der Waals surface area (Å²) >= 11 is 0. The third kappa shape index (κ3) is 3.94. The smallest absolute Gasteiger partial charge is 0.244 e. The van der Waals surface area contributed by atoms with Crippen LogP contribution in [-0.4, -0.2) is 35.3 Å². The Hall–Kier alpha value is -2.25. The fourth-order valence-electron chi connectivity index (χ4n) is 2.78. The molecule has 0 bridgehead atoms. The number of hydrogen-bond acceptors (Lipinski definition) is 5. The molecule has 0 radical (unpaired) electrons. The van der Waals surface area contributed by atoms with Gasteiger partial charge < -0.3 is 14.2 Å². The molecule has 0 saturated heterocycles. The van der Waals surface area contributed by atoms with E-state index in [1.54, 1.807) is 12.1 Å². The summed E-state index contributed by atoms with van der Waals surface area (Å²) in [7, 11) is -2.19. The standard InChI is InChI=1S/C19H23NO5S/c1-13-10-18(23-3)19(11-14(13)2)26(21,22)20-7-6-15-4-5-16-17(12-15)25-9-8-24-16/h4-5,10-12,20H,6-9H2,1-3H3. The Morgan fingerprint density at radius 1 is 1.04 bits per heavy atom. The second-order valence-electron chi connectivity index (χ2n) is 6.21. The van der Waals surface area contributed by atoms with Gasteiger partial charge in [0, 0.05) is 6.54 Å². The molecule has 0 amide bonds. The number of fused-ring (bicyclic) bond motifs is 1. The number of nitrogens with one attached hydrogen (secondary N) is 1. The van der Waals surface area contributed by atoms with Crippen LogP contribution in [0.1, 0.15) is 16.7 Å². The van der Waals surface area contributed by atoms with Crippen LogP contribution in [-0.2, 0) is 16.4 Å². The van der Waals surface area contributed by atoms with Crippen molar-refractivity contribution >= 4 is 10.0 Å². The van der Waals surface area contributed by atoms with E-state index in [2.05, 4.69) is 4.72 Å². The molecule has 1 aliphatic heterocycles. The minimum absolute atomic E-state index is 0.158. The molecular formula is C19H23NO5S. The number of benzene rings is 2. The van der Waals surface area contributed by atoms with Crippen molar-refractivity contribution in [2.75, 3.05) is 26.9 Å². The van der Waals surface area contributed by atoms with Gasteiger partial charge in [0.15, 0.2) is 11.5 Å². The van der Waals surface area contributed by atoms with Gasteiger partial charge in [-0.1, -0.05) is 6.07 Å². The summed E-state index contributed by atoms with van der Waals surface area (Å²) in [6.45, 7) is 5.14. The molecule has 2 aromatic rings. The van der Waals surface area contributed by atoms with Gasteiger partial charge in [-0.2, -0.15) is 0 Å². The first-order chi connectivity index (χ1) is 12.4. The molecule has 0 unspecified atom stereocenters. The van der Waals surface area contributed by atoms with Crippen LogP contribution in [0.15, 0.2) is 35.2 Å². The predicted octanol–water partition coefficient (Wildman–Crippen LogP) is 2.60. The Balaban J connectivity index is 1.70. The maximum absolute atomic E-state index is 12.7. The highest BCUT2D eigenvalue weighted by molar-refractivity contribution is 7.89. The molecule has 1 heterocycles. The van der Waals surface area contributed by atoms with Crippen LogP contribution in [0.3, 0.4) is 0 Å². The molecule has 26 heavy (non-hydrogen) atoms. The minimum Gasteiger partial charge on any atom is -0.495 e. The lowest BCUT2D eigenvalue weighted by atomic mass is 10.1.